The first kappa shape index (κ1) is 31.6. The van der Waals surface area contributed by atoms with Crippen molar-refractivity contribution in [3.8, 4) is 0 Å². The van der Waals surface area contributed by atoms with Gasteiger partial charge in [0, 0.05) is 12.8 Å². The second-order valence-electron chi connectivity index (χ2n) is 6.27. The fourth-order valence-corrected chi connectivity index (χ4v) is 8.12. The Hall–Kier alpha value is -0.390. The molecule has 0 unspecified atom stereocenters. The van der Waals surface area contributed by atoms with Gasteiger partial charge in [0.2, 0.25) is 0 Å². The molecule has 0 amide bonds. The number of allylic oxidation sites excluding steroid dienone is 4. The van der Waals surface area contributed by atoms with Crippen molar-refractivity contribution in [2.75, 3.05) is 26.4 Å². The van der Waals surface area contributed by atoms with E-state index in [0.717, 1.165) is 0 Å². The van der Waals surface area contributed by atoms with Gasteiger partial charge in [-0.3, -0.25) is 9.13 Å². The summed E-state index contributed by atoms with van der Waals surface area (Å²) in [5.74, 6) is 0.487. The quantitative estimate of drug-likeness (QED) is 0.132. The maximum Gasteiger partial charge on any atom is 0.418 e. The van der Waals surface area contributed by atoms with Gasteiger partial charge in [-0.15, -0.1) is 0 Å². The summed E-state index contributed by atoms with van der Waals surface area (Å²) in [7, 11) is -10.3. The molecule has 9 nitrogen and oxygen atoms in total. The van der Waals surface area contributed by atoms with Gasteiger partial charge < -0.3 is 27.1 Å². The fourth-order valence-electron chi connectivity index (χ4n) is 3.05. The minimum Gasteiger partial charge on any atom is -0.422 e. The highest BCUT2D eigenvalue weighted by molar-refractivity contribution is 7.58. The first-order valence-electron chi connectivity index (χ1n) is 11.3. The first-order valence-corrected chi connectivity index (χ1v) is 15.6. The van der Waals surface area contributed by atoms with Crippen LogP contribution in [0.1, 0.15) is 81.1 Å². The van der Waals surface area contributed by atoms with Crippen LogP contribution in [0.2, 0.25) is 0 Å². The van der Waals surface area contributed by atoms with Crippen LogP contribution in [-0.4, -0.2) is 26.4 Å². The lowest BCUT2D eigenvalue weighted by atomic mass is 10.3. The third kappa shape index (κ3) is 9.10. The third-order valence-corrected chi connectivity index (χ3v) is 9.90. The Morgan fingerprint density at radius 1 is 0.562 bits per heavy atom. The van der Waals surface area contributed by atoms with Crippen LogP contribution >= 0.6 is 23.4 Å². The van der Waals surface area contributed by atoms with Crippen LogP contribution in [0.5, 0.6) is 0 Å². The summed E-state index contributed by atoms with van der Waals surface area (Å²) in [5, 5.41) is 0.662. The summed E-state index contributed by atoms with van der Waals surface area (Å²) in [4.78, 5) is 0. The third-order valence-electron chi connectivity index (χ3n) is 4.23. The lowest BCUT2D eigenvalue weighted by molar-refractivity contribution is 0.223. The van der Waals surface area contributed by atoms with Crippen LogP contribution in [-0.2, 0) is 40.8 Å². The Kier molecular flexibility index (Phi) is 16.1. The smallest absolute Gasteiger partial charge is 0.418 e. The molecule has 0 heterocycles. The van der Waals surface area contributed by atoms with Gasteiger partial charge in [0.25, 0.3) is 0 Å². The van der Waals surface area contributed by atoms with E-state index in [2.05, 4.69) is 0 Å². The maximum atomic E-state index is 13.2. The minimum absolute atomic E-state index is 0.191. The zero-order valence-electron chi connectivity index (χ0n) is 20.7. The van der Waals surface area contributed by atoms with Gasteiger partial charge in [-0.05, 0) is 40.5 Å². The summed E-state index contributed by atoms with van der Waals surface area (Å²) in [6.45, 7) is 14.8. The van der Waals surface area contributed by atoms with E-state index in [1.165, 1.54) is 0 Å². The van der Waals surface area contributed by atoms with E-state index in [9.17, 15) is 13.7 Å². The molecule has 0 fully saturated rings. The second-order valence-corrected chi connectivity index (χ2v) is 11.3. The molecule has 0 aliphatic heterocycles. The van der Waals surface area contributed by atoms with Gasteiger partial charge in [-0.1, -0.05) is 27.7 Å². The molecule has 190 valence electrons. The van der Waals surface area contributed by atoms with Crippen molar-refractivity contribution in [2.45, 2.75) is 81.1 Å². The van der Waals surface area contributed by atoms with Crippen molar-refractivity contribution in [1.29, 1.82) is 0 Å². The van der Waals surface area contributed by atoms with E-state index < -0.39 is 23.4 Å². The Morgan fingerprint density at radius 2 is 0.844 bits per heavy atom. The van der Waals surface area contributed by atoms with Crippen molar-refractivity contribution in [3.63, 3.8) is 0 Å². The van der Waals surface area contributed by atoms with E-state index >= 15 is 0 Å². The molecule has 0 saturated heterocycles. The predicted octanol–water partition coefficient (Wildman–Crippen LogP) is 8.00. The van der Waals surface area contributed by atoms with Crippen LogP contribution in [0.3, 0.4) is 0 Å². The fraction of sp³-hybridized carbons (Fsp3) is 0.800. The SMILES string of the molecule is CCOP(=O)(OCC)/C(CC)=C(/CC)O[PH](=O)O/C(CC)=C(/CC)P(=O)(OCC)OCC. The zero-order chi connectivity index (χ0) is 24.8. The number of hydrogen-bond acceptors (Lipinski definition) is 9. The molecule has 0 bridgehead atoms. The van der Waals surface area contributed by atoms with Crippen molar-refractivity contribution in [3.05, 3.63) is 22.1 Å². The zero-order valence-corrected chi connectivity index (χ0v) is 23.5. The molecule has 0 saturated carbocycles. The molecule has 32 heavy (non-hydrogen) atoms. The van der Waals surface area contributed by atoms with E-state index in [1.807, 2.05) is 0 Å². The monoisotopic (exact) mass is 518 g/mol. The van der Waals surface area contributed by atoms with Gasteiger partial charge >= 0.3 is 23.4 Å². The Morgan fingerprint density at radius 3 is 1.03 bits per heavy atom. The lowest BCUT2D eigenvalue weighted by Crippen LogP contribution is -2.04. The standard InChI is InChI=1S/C20H41O9P3/c1-9-17(19(11-3)31(22,24-13-5)25-14-6)28-30(21)29-18(10-2)20(12-4)32(23,26-15-7)27-16-8/h30H,9-16H2,1-8H3/b19-17-,20-18-. The summed E-state index contributed by atoms with van der Waals surface area (Å²) in [6, 6.07) is 0. The largest absolute Gasteiger partial charge is 0.422 e. The average molecular weight is 518 g/mol. The molecule has 0 aliphatic rings. The van der Waals surface area contributed by atoms with Crippen molar-refractivity contribution in [2.24, 2.45) is 0 Å². The first-order chi connectivity index (χ1) is 15.2. The summed E-state index contributed by atoms with van der Waals surface area (Å²) in [6.07, 6.45) is 1.29. The van der Waals surface area contributed by atoms with Crippen LogP contribution < -0.4 is 0 Å². The van der Waals surface area contributed by atoms with Crippen molar-refractivity contribution < 1.29 is 40.8 Å². The molecular weight excluding hydrogens is 477 g/mol. The topological polar surface area (TPSA) is 107 Å². The molecular formula is C20H41O9P3. The maximum absolute atomic E-state index is 13.2. The van der Waals surface area contributed by atoms with Gasteiger partial charge in [-0.2, -0.15) is 0 Å². The molecule has 0 aromatic carbocycles. The molecule has 0 aromatic heterocycles. The van der Waals surface area contributed by atoms with Crippen molar-refractivity contribution in [1.82, 2.24) is 0 Å². The molecule has 0 radical (unpaired) electrons. The van der Waals surface area contributed by atoms with Crippen molar-refractivity contribution >= 4 is 23.4 Å². The van der Waals surface area contributed by atoms with E-state index in [-0.39, 0.29) is 37.9 Å². The van der Waals surface area contributed by atoms with E-state index in [4.69, 9.17) is 27.1 Å². The molecule has 0 spiro atoms. The Labute approximate surface area is 194 Å². The normalized spacial score (nSPS) is 14.3. The second kappa shape index (κ2) is 16.3. The molecule has 0 aromatic rings. The van der Waals surface area contributed by atoms with Crippen LogP contribution in [0.4, 0.5) is 0 Å². The van der Waals surface area contributed by atoms with E-state index in [1.54, 1.807) is 55.4 Å². The minimum atomic E-state index is -3.59. The lowest BCUT2D eigenvalue weighted by Gasteiger charge is -2.24. The van der Waals surface area contributed by atoms with Gasteiger partial charge in [0.05, 0.1) is 37.1 Å². The highest BCUT2D eigenvalue weighted by atomic mass is 31.2. The molecule has 0 atom stereocenters. The number of hydrogen-bond donors (Lipinski definition) is 0. The van der Waals surface area contributed by atoms with E-state index in [0.29, 0.717) is 36.3 Å². The highest BCUT2D eigenvalue weighted by Crippen LogP contribution is 2.61. The summed E-state index contributed by atoms with van der Waals surface area (Å²) < 4.78 is 72.3. The predicted molar refractivity (Wildman–Crippen MR) is 128 cm³/mol. The van der Waals surface area contributed by atoms with Crippen LogP contribution in [0.25, 0.3) is 0 Å². The Bertz CT molecular complexity index is 667. The Balaban J connectivity index is 6.10. The summed E-state index contributed by atoms with van der Waals surface area (Å²) in [5.41, 5.74) is 0. The van der Waals surface area contributed by atoms with Gasteiger partial charge in [0.1, 0.15) is 11.5 Å². The molecule has 12 heteroatoms. The summed E-state index contributed by atoms with van der Waals surface area (Å²) >= 11 is 0. The highest BCUT2D eigenvalue weighted by Gasteiger charge is 2.34. The van der Waals surface area contributed by atoms with Gasteiger partial charge in [-0.25, -0.2) is 4.57 Å². The van der Waals surface area contributed by atoms with Crippen LogP contribution in [0.15, 0.2) is 22.1 Å². The molecule has 0 aliphatic carbocycles. The van der Waals surface area contributed by atoms with Crippen LogP contribution in [0, 0.1) is 0 Å². The van der Waals surface area contributed by atoms with Gasteiger partial charge in [0.15, 0.2) is 0 Å². The average Bonchev–Trinajstić information content (AvgIpc) is 2.73. The number of rotatable bonds is 18. The molecule has 0 N–H and O–H groups in total. The molecule has 0 rings (SSSR count).